The third kappa shape index (κ3) is 4.90. The van der Waals surface area contributed by atoms with E-state index in [0.717, 1.165) is 23.3 Å². The highest BCUT2D eigenvalue weighted by atomic mass is 16.4. The lowest BCUT2D eigenvalue weighted by atomic mass is 9.99. The molecule has 0 aliphatic rings. The molecule has 0 fully saturated rings. The first-order chi connectivity index (χ1) is 10.6. The zero-order valence-electron chi connectivity index (χ0n) is 12.0. The van der Waals surface area contributed by atoms with E-state index < -0.39 is 11.9 Å². The predicted octanol–water partition coefficient (Wildman–Crippen LogP) is 2.73. The van der Waals surface area contributed by atoms with Crippen molar-refractivity contribution < 1.29 is 14.7 Å². The van der Waals surface area contributed by atoms with Gasteiger partial charge in [-0.15, -0.1) is 0 Å². The molecule has 0 aromatic heterocycles. The summed E-state index contributed by atoms with van der Waals surface area (Å²) in [5.41, 5.74) is 2.07. The fourth-order valence-electron chi connectivity index (χ4n) is 2.15. The monoisotopic (exact) mass is 295 g/mol. The number of amides is 1. The maximum Gasteiger partial charge on any atom is 0.328 e. The number of rotatable bonds is 6. The van der Waals surface area contributed by atoms with Crippen LogP contribution in [0.2, 0.25) is 0 Å². The van der Waals surface area contributed by atoms with Crippen molar-refractivity contribution in [3.05, 3.63) is 83.9 Å². The number of carbonyl (C=O) groups is 2. The summed E-state index contributed by atoms with van der Waals surface area (Å²) in [4.78, 5) is 22.3. The van der Waals surface area contributed by atoms with Crippen LogP contribution < -0.4 is 5.32 Å². The molecule has 22 heavy (non-hydrogen) atoms. The minimum absolute atomic E-state index is 0.213. The van der Waals surface area contributed by atoms with Crippen molar-refractivity contribution in [2.24, 2.45) is 0 Å². The minimum Gasteiger partial charge on any atom is -0.478 e. The van der Waals surface area contributed by atoms with Gasteiger partial charge < -0.3 is 10.4 Å². The average Bonchev–Trinajstić information content (AvgIpc) is 2.54. The molecule has 0 radical (unpaired) electrons. The van der Waals surface area contributed by atoms with Crippen LogP contribution in [0.15, 0.2) is 72.8 Å². The molecule has 2 aromatic rings. The van der Waals surface area contributed by atoms with Crippen LogP contribution in [0.3, 0.4) is 0 Å². The Balaban J connectivity index is 2.15. The Hall–Kier alpha value is -2.88. The molecule has 1 amide bonds. The number of carboxylic acid groups (broad SMARTS) is 1. The number of aliphatic carboxylic acids is 1. The topological polar surface area (TPSA) is 66.4 Å². The first-order valence-electron chi connectivity index (χ1n) is 6.95. The number of hydrogen-bond donors (Lipinski definition) is 2. The predicted molar refractivity (Wildman–Crippen MR) is 84.2 cm³/mol. The molecule has 1 atom stereocenters. The van der Waals surface area contributed by atoms with Gasteiger partial charge in [-0.25, -0.2) is 4.79 Å². The summed E-state index contributed by atoms with van der Waals surface area (Å²) in [6.45, 7) is 0. The van der Waals surface area contributed by atoms with Crippen LogP contribution >= 0.6 is 0 Å². The lowest BCUT2D eigenvalue weighted by Gasteiger charge is -2.18. The largest absolute Gasteiger partial charge is 0.478 e. The highest BCUT2D eigenvalue weighted by molar-refractivity contribution is 5.94. The Morgan fingerprint density at radius 1 is 0.955 bits per heavy atom. The number of hydrogen-bond acceptors (Lipinski definition) is 2. The number of carbonyl (C=O) groups excluding carboxylic acids is 1. The molecular weight excluding hydrogens is 278 g/mol. The minimum atomic E-state index is -1.14. The van der Waals surface area contributed by atoms with E-state index in [0.29, 0.717) is 6.42 Å². The van der Waals surface area contributed by atoms with Gasteiger partial charge >= 0.3 is 5.97 Å². The average molecular weight is 295 g/mol. The van der Waals surface area contributed by atoms with E-state index in [2.05, 4.69) is 5.32 Å². The normalized spacial score (nSPS) is 12.0. The summed E-state index contributed by atoms with van der Waals surface area (Å²) in [6, 6.07) is 19.2. The van der Waals surface area contributed by atoms with Gasteiger partial charge in [-0.3, -0.25) is 4.79 Å². The van der Waals surface area contributed by atoms with Crippen molar-refractivity contribution >= 4 is 11.9 Å². The van der Waals surface area contributed by atoms with E-state index in [1.807, 2.05) is 60.7 Å². The number of carboxylic acids is 1. The van der Waals surface area contributed by atoms with E-state index in [9.17, 15) is 9.59 Å². The molecule has 2 rings (SSSR count). The molecular formula is C18H17NO3. The van der Waals surface area contributed by atoms with Gasteiger partial charge in [0.1, 0.15) is 0 Å². The van der Waals surface area contributed by atoms with Crippen molar-refractivity contribution in [3.63, 3.8) is 0 Å². The molecule has 4 heteroatoms. The summed E-state index contributed by atoms with van der Waals surface area (Å²) in [6.07, 6.45) is 2.50. The number of nitrogens with one attached hydrogen (secondary N) is 1. The number of benzene rings is 2. The fraction of sp³-hybridized carbons (Fsp3) is 0.111. The van der Waals surface area contributed by atoms with Crippen molar-refractivity contribution in [1.82, 2.24) is 5.32 Å². The van der Waals surface area contributed by atoms with E-state index in [1.165, 1.54) is 0 Å². The summed E-state index contributed by atoms with van der Waals surface area (Å²) in [5, 5.41) is 11.4. The Labute approximate surface area is 129 Å². The van der Waals surface area contributed by atoms with Gasteiger partial charge in [0.05, 0.1) is 6.04 Å². The highest BCUT2D eigenvalue weighted by Crippen LogP contribution is 2.18. The summed E-state index contributed by atoms with van der Waals surface area (Å²) in [5.74, 6) is -1.57. The van der Waals surface area contributed by atoms with E-state index in [1.54, 1.807) is 0 Å². The van der Waals surface area contributed by atoms with Crippen LogP contribution in [-0.2, 0) is 16.0 Å². The van der Waals surface area contributed by atoms with Crippen LogP contribution in [0.4, 0.5) is 0 Å². The Morgan fingerprint density at radius 2 is 1.55 bits per heavy atom. The molecule has 112 valence electrons. The second kappa shape index (κ2) is 7.78. The second-order valence-corrected chi connectivity index (χ2v) is 4.83. The first-order valence-corrected chi connectivity index (χ1v) is 6.95. The zero-order chi connectivity index (χ0) is 15.8. The summed E-state index contributed by atoms with van der Waals surface area (Å²) >= 11 is 0. The molecule has 0 bridgehead atoms. The van der Waals surface area contributed by atoms with Crippen LogP contribution in [0.1, 0.15) is 17.2 Å². The van der Waals surface area contributed by atoms with Crippen LogP contribution in [-0.4, -0.2) is 17.0 Å². The molecule has 1 unspecified atom stereocenters. The first kappa shape index (κ1) is 15.5. The Bertz CT molecular complexity index is 651. The third-order valence-corrected chi connectivity index (χ3v) is 3.18. The van der Waals surface area contributed by atoms with Crippen molar-refractivity contribution in [1.29, 1.82) is 0 Å². The van der Waals surface area contributed by atoms with Gasteiger partial charge in [-0.2, -0.15) is 0 Å². The van der Waals surface area contributed by atoms with Crippen LogP contribution in [0.25, 0.3) is 0 Å². The van der Waals surface area contributed by atoms with Crippen molar-refractivity contribution in [3.8, 4) is 0 Å². The fourth-order valence-corrected chi connectivity index (χ4v) is 2.15. The second-order valence-electron chi connectivity index (χ2n) is 4.83. The molecule has 0 spiro atoms. The molecule has 2 aromatic carbocycles. The van der Waals surface area contributed by atoms with Crippen LogP contribution in [0.5, 0.6) is 0 Å². The molecule has 2 N–H and O–H groups in total. The van der Waals surface area contributed by atoms with E-state index in [4.69, 9.17) is 5.11 Å². The Kier molecular flexibility index (Phi) is 5.49. The maximum atomic E-state index is 11.9. The summed E-state index contributed by atoms with van der Waals surface area (Å²) in [7, 11) is 0. The van der Waals surface area contributed by atoms with Gasteiger partial charge in [-0.05, 0) is 17.5 Å². The molecule has 0 aliphatic heterocycles. The Morgan fingerprint density at radius 3 is 2.14 bits per heavy atom. The highest BCUT2D eigenvalue weighted by Gasteiger charge is 2.14. The third-order valence-electron chi connectivity index (χ3n) is 3.18. The molecule has 0 saturated heterocycles. The smallest absolute Gasteiger partial charge is 0.328 e. The SMILES string of the molecule is O=C(O)/C=C\C(=O)NC(Cc1ccccc1)c1ccccc1. The van der Waals surface area contributed by atoms with Gasteiger partial charge in [0, 0.05) is 12.2 Å². The molecule has 0 aliphatic carbocycles. The lowest BCUT2D eigenvalue weighted by molar-refractivity contribution is -0.131. The molecule has 4 nitrogen and oxygen atoms in total. The summed E-state index contributed by atoms with van der Waals surface area (Å²) < 4.78 is 0. The molecule has 0 saturated carbocycles. The van der Waals surface area contributed by atoms with Crippen molar-refractivity contribution in [2.75, 3.05) is 0 Å². The van der Waals surface area contributed by atoms with Crippen LogP contribution in [0, 0.1) is 0 Å². The van der Waals surface area contributed by atoms with Gasteiger partial charge in [0.25, 0.3) is 0 Å². The molecule has 0 heterocycles. The van der Waals surface area contributed by atoms with Crippen molar-refractivity contribution in [2.45, 2.75) is 12.5 Å². The van der Waals surface area contributed by atoms with E-state index >= 15 is 0 Å². The lowest BCUT2D eigenvalue weighted by Crippen LogP contribution is -2.28. The van der Waals surface area contributed by atoms with Gasteiger partial charge in [0.15, 0.2) is 0 Å². The van der Waals surface area contributed by atoms with E-state index in [-0.39, 0.29) is 6.04 Å². The standard InChI is InChI=1S/C18H17NO3/c20-17(11-12-18(21)22)19-16(15-9-5-2-6-10-15)13-14-7-3-1-4-8-14/h1-12,16H,13H2,(H,19,20)(H,21,22)/b12-11-. The van der Waals surface area contributed by atoms with Gasteiger partial charge in [0.2, 0.25) is 5.91 Å². The zero-order valence-corrected chi connectivity index (χ0v) is 12.0. The maximum absolute atomic E-state index is 11.9. The quantitative estimate of drug-likeness (QED) is 0.805. The van der Waals surface area contributed by atoms with Gasteiger partial charge in [-0.1, -0.05) is 60.7 Å².